The van der Waals surface area contributed by atoms with Gasteiger partial charge >= 0.3 is 0 Å². The molecule has 3 N–H and O–H groups in total. The lowest BCUT2D eigenvalue weighted by atomic mass is 10.2. The van der Waals surface area contributed by atoms with Crippen molar-refractivity contribution in [2.45, 2.75) is 0 Å². The number of anilines is 1. The van der Waals surface area contributed by atoms with Crippen LogP contribution in [0.4, 0.5) is 5.13 Å². The number of thiazole rings is 1. The molecule has 0 spiro atoms. The fraction of sp³-hybridized carbons (Fsp3) is 0.353. The average molecular weight is 437 g/mol. The van der Waals surface area contributed by atoms with Gasteiger partial charge in [-0.05, 0) is 18.2 Å². The molecular formula is C17H21BrN6OS. The van der Waals surface area contributed by atoms with Gasteiger partial charge in [0.05, 0.1) is 6.54 Å². The number of halogens is 1. The van der Waals surface area contributed by atoms with E-state index < -0.39 is 0 Å². The number of carbonyl (C=O) groups excluding carboxylic acids is 1. The number of hydrogen-bond donors (Lipinski definition) is 2. The third-order valence-corrected chi connectivity index (χ3v) is 5.38. The van der Waals surface area contributed by atoms with Gasteiger partial charge in [0, 0.05) is 54.3 Å². The Morgan fingerprint density at radius 2 is 2.15 bits per heavy atom. The molecule has 1 aliphatic heterocycles. The molecule has 9 heteroatoms. The first-order valence-corrected chi connectivity index (χ1v) is 10.0. The van der Waals surface area contributed by atoms with Crippen LogP contribution in [0.15, 0.2) is 45.3 Å². The summed E-state index contributed by atoms with van der Waals surface area (Å²) in [5.74, 6) is 0.414. The number of nitrogens with two attached hydrogens (primary N) is 1. The van der Waals surface area contributed by atoms with Crippen molar-refractivity contribution in [3.8, 4) is 0 Å². The fourth-order valence-electron chi connectivity index (χ4n) is 2.67. The van der Waals surface area contributed by atoms with Crippen molar-refractivity contribution in [3.63, 3.8) is 0 Å². The number of nitrogens with one attached hydrogen (secondary N) is 1. The highest BCUT2D eigenvalue weighted by Crippen LogP contribution is 2.18. The van der Waals surface area contributed by atoms with E-state index >= 15 is 0 Å². The maximum absolute atomic E-state index is 12.1. The van der Waals surface area contributed by atoms with Crippen molar-refractivity contribution < 1.29 is 4.79 Å². The molecule has 1 amide bonds. The first-order chi connectivity index (χ1) is 12.6. The lowest BCUT2D eigenvalue weighted by Gasteiger charge is -2.35. The van der Waals surface area contributed by atoms with Gasteiger partial charge in [-0.1, -0.05) is 22.0 Å². The van der Waals surface area contributed by atoms with Gasteiger partial charge in [0.1, 0.15) is 0 Å². The highest BCUT2D eigenvalue weighted by Gasteiger charge is 2.19. The second-order valence-corrected chi connectivity index (χ2v) is 7.58. The number of aromatic nitrogens is 1. The monoisotopic (exact) mass is 436 g/mol. The number of amides is 1. The quantitative estimate of drug-likeness (QED) is 0.423. The highest BCUT2D eigenvalue weighted by atomic mass is 79.9. The zero-order valence-electron chi connectivity index (χ0n) is 14.3. The van der Waals surface area contributed by atoms with Gasteiger partial charge < -0.3 is 20.9 Å². The predicted octanol–water partition coefficient (Wildman–Crippen LogP) is 1.77. The third-order valence-electron chi connectivity index (χ3n) is 4.05. The first-order valence-electron chi connectivity index (χ1n) is 8.36. The van der Waals surface area contributed by atoms with E-state index in [-0.39, 0.29) is 5.91 Å². The minimum atomic E-state index is -0.114. The van der Waals surface area contributed by atoms with Crippen molar-refractivity contribution in [1.82, 2.24) is 15.2 Å². The fourth-order valence-corrected chi connectivity index (χ4v) is 3.77. The topological polar surface area (TPSA) is 86.8 Å². The van der Waals surface area contributed by atoms with Crippen LogP contribution < -0.4 is 16.0 Å². The van der Waals surface area contributed by atoms with E-state index in [1.165, 1.54) is 0 Å². The second kappa shape index (κ2) is 9.00. The molecule has 1 aromatic carbocycles. The molecule has 7 nitrogen and oxygen atoms in total. The van der Waals surface area contributed by atoms with E-state index in [4.69, 9.17) is 5.73 Å². The number of hydrogen-bond acceptors (Lipinski definition) is 5. The number of aliphatic imine (C=N–C) groups is 1. The largest absolute Gasteiger partial charge is 0.370 e. The Labute approximate surface area is 165 Å². The minimum absolute atomic E-state index is 0.114. The van der Waals surface area contributed by atoms with Gasteiger partial charge in [0.25, 0.3) is 5.91 Å². The minimum Gasteiger partial charge on any atom is -0.370 e. The van der Waals surface area contributed by atoms with Gasteiger partial charge in [-0.15, -0.1) is 11.3 Å². The SMILES string of the molecule is NC(=NCCNC(=O)c1cccc(Br)c1)N1CCN(c2nccs2)CC1. The number of carbonyl (C=O) groups is 1. The molecule has 3 rings (SSSR count). The molecule has 2 heterocycles. The molecule has 2 aromatic rings. The predicted molar refractivity (Wildman–Crippen MR) is 109 cm³/mol. The summed E-state index contributed by atoms with van der Waals surface area (Å²) in [4.78, 5) is 25.1. The van der Waals surface area contributed by atoms with Crippen LogP contribution in [0.3, 0.4) is 0 Å². The number of piperazine rings is 1. The Balaban J connectivity index is 1.41. The van der Waals surface area contributed by atoms with Crippen LogP contribution in [0, 0.1) is 0 Å². The molecule has 0 atom stereocenters. The first kappa shape index (κ1) is 18.7. The smallest absolute Gasteiger partial charge is 0.251 e. The average Bonchev–Trinajstić information content (AvgIpc) is 3.20. The molecule has 26 heavy (non-hydrogen) atoms. The van der Waals surface area contributed by atoms with E-state index in [9.17, 15) is 4.79 Å². The molecule has 1 aromatic heterocycles. The Hall–Kier alpha value is -2.13. The number of guanidine groups is 1. The summed E-state index contributed by atoms with van der Waals surface area (Å²) in [7, 11) is 0. The van der Waals surface area contributed by atoms with Crippen LogP contribution in [0.1, 0.15) is 10.4 Å². The second-order valence-electron chi connectivity index (χ2n) is 5.79. The van der Waals surface area contributed by atoms with E-state index in [2.05, 4.69) is 41.0 Å². The Morgan fingerprint density at radius 1 is 1.35 bits per heavy atom. The van der Waals surface area contributed by atoms with Gasteiger partial charge in [-0.25, -0.2) is 4.98 Å². The Kier molecular flexibility index (Phi) is 6.45. The van der Waals surface area contributed by atoms with Crippen LogP contribution in [0.5, 0.6) is 0 Å². The molecular weight excluding hydrogens is 416 g/mol. The van der Waals surface area contributed by atoms with Gasteiger partial charge in [0.2, 0.25) is 0 Å². The summed E-state index contributed by atoms with van der Waals surface area (Å²) in [5.41, 5.74) is 6.71. The van der Waals surface area contributed by atoms with E-state index in [1.54, 1.807) is 23.5 Å². The Bertz CT molecular complexity index is 758. The highest BCUT2D eigenvalue weighted by molar-refractivity contribution is 9.10. The zero-order valence-corrected chi connectivity index (χ0v) is 16.7. The molecule has 1 aliphatic rings. The van der Waals surface area contributed by atoms with Gasteiger partial charge in [-0.2, -0.15) is 0 Å². The van der Waals surface area contributed by atoms with Crippen molar-refractivity contribution in [3.05, 3.63) is 45.9 Å². The standard InChI is InChI=1S/C17H21BrN6OS/c18-14-3-1-2-13(12-14)15(25)20-4-5-21-16(19)23-7-9-24(10-8-23)17-22-6-11-26-17/h1-3,6,11-12H,4-5,7-10H2,(H2,19,21)(H,20,25). The Morgan fingerprint density at radius 3 is 2.85 bits per heavy atom. The van der Waals surface area contributed by atoms with Crippen LogP contribution >= 0.6 is 27.3 Å². The maximum Gasteiger partial charge on any atom is 0.251 e. The number of benzene rings is 1. The summed E-state index contributed by atoms with van der Waals surface area (Å²) >= 11 is 5.01. The molecule has 1 fully saturated rings. The van der Waals surface area contributed by atoms with Crippen molar-refractivity contribution in [1.29, 1.82) is 0 Å². The molecule has 1 saturated heterocycles. The lowest BCUT2D eigenvalue weighted by Crippen LogP contribution is -2.51. The normalized spacial score (nSPS) is 15.2. The molecule has 0 unspecified atom stereocenters. The van der Waals surface area contributed by atoms with E-state index in [0.29, 0.717) is 24.6 Å². The van der Waals surface area contributed by atoms with Crippen LogP contribution in [0.25, 0.3) is 0 Å². The summed E-state index contributed by atoms with van der Waals surface area (Å²) in [6, 6.07) is 7.28. The van der Waals surface area contributed by atoms with Crippen molar-refractivity contribution in [2.24, 2.45) is 10.7 Å². The van der Waals surface area contributed by atoms with Crippen molar-refractivity contribution >= 4 is 44.3 Å². The number of nitrogens with zero attached hydrogens (tertiary/aromatic N) is 4. The lowest BCUT2D eigenvalue weighted by molar-refractivity contribution is 0.0954. The summed E-state index contributed by atoms with van der Waals surface area (Å²) in [5, 5.41) is 5.89. The molecule has 0 bridgehead atoms. The molecule has 138 valence electrons. The molecule has 0 aliphatic carbocycles. The van der Waals surface area contributed by atoms with Crippen LogP contribution in [0.2, 0.25) is 0 Å². The maximum atomic E-state index is 12.1. The van der Waals surface area contributed by atoms with Crippen LogP contribution in [-0.2, 0) is 0 Å². The van der Waals surface area contributed by atoms with E-state index in [0.717, 1.165) is 35.8 Å². The third kappa shape index (κ3) is 4.95. The number of rotatable bonds is 5. The summed E-state index contributed by atoms with van der Waals surface area (Å²) in [6.07, 6.45) is 1.82. The van der Waals surface area contributed by atoms with Crippen molar-refractivity contribution in [2.75, 3.05) is 44.2 Å². The van der Waals surface area contributed by atoms with Gasteiger partial charge in [0.15, 0.2) is 11.1 Å². The summed E-state index contributed by atoms with van der Waals surface area (Å²) in [6.45, 7) is 4.30. The summed E-state index contributed by atoms with van der Waals surface area (Å²) < 4.78 is 0.879. The molecule has 0 radical (unpaired) electrons. The van der Waals surface area contributed by atoms with Crippen LogP contribution in [-0.4, -0.2) is 61.0 Å². The zero-order chi connectivity index (χ0) is 18.4. The van der Waals surface area contributed by atoms with E-state index in [1.807, 2.05) is 23.7 Å². The molecule has 0 saturated carbocycles. The van der Waals surface area contributed by atoms with Gasteiger partial charge in [-0.3, -0.25) is 9.79 Å².